The number of alkyl halides is 1. The quantitative estimate of drug-likeness (QED) is 0.245. The van der Waals surface area contributed by atoms with Crippen LogP contribution in [0, 0.1) is 10.1 Å². The minimum atomic E-state index is -0.729. The summed E-state index contributed by atoms with van der Waals surface area (Å²) in [6, 6.07) is 0. The van der Waals surface area contributed by atoms with Crippen molar-refractivity contribution in [3.63, 3.8) is 0 Å². The van der Waals surface area contributed by atoms with E-state index in [1.54, 1.807) is 0 Å². The molecule has 1 rings (SSSR count). The molecule has 10 heavy (non-hydrogen) atoms. The van der Waals surface area contributed by atoms with Gasteiger partial charge >= 0.3 is 0 Å². The molecule has 0 spiro atoms. The van der Waals surface area contributed by atoms with Crippen LogP contribution < -0.4 is 0 Å². The van der Waals surface area contributed by atoms with E-state index < -0.39 is 10.5 Å². The van der Waals surface area contributed by atoms with E-state index in [-0.39, 0.29) is 0 Å². The summed E-state index contributed by atoms with van der Waals surface area (Å²) in [7, 11) is 0. The standard InChI is InChI=1S/C4H4ClN3O2/c5-4-1-2-6-3-7(4)8(9)10/h1-4H. The minimum absolute atomic E-state index is 0.620. The Morgan fingerprint density at radius 1 is 1.80 bits per heavy atom. The molecule has 0 bridgehead atoms. The summed E-state index contributed by atoms with van der Waals surface area (Å²) >= 11 is 5.48. The van der Waals surface area contributed by atoms with Crippen molar-refractivity contribution in [2.45, 2.75) is 5.50 Å². The van der Waals surface area contributed by atoms with E-state index in [2.05, 4.69) is 4.99 Å². The molecule has 0 aromatic rings. The first-order valence-electron chi connectivity index (χ1n) is 2.48. The SMILES string of the molecule is O=[N+]([O-])N1C=NC=CC1Cl. The van der Waals surface area contributed by atoms with Gasteiger partial charge in [-0.1, -0.05) is 16.6 Å². The van der Waals surface area contributed by atoms with Gasteiger partial charge < -0.3 is 0 Å². The minimum Gasteiger partial charge on any atom is -0.241 e. The van der Waals surface area contributed by atoms with Gasteiger partial charge in [0.1, 0.15) is 0 Å². The summed E-state index contributed by atoms with van der Waals surface area (Å²) in [6.45, 7) is 0. The molecular formula is C4H4ClN3O2. The fraction of sp³-hybridized carbons (Fsp3) is 0.250. The number of aliphatic imine (C=N–C) groups is 1. The van der Waals surface area contributed by atoms with E-state index in [4.69, 9.17) is 11.6 Å². The zero-order valence-corrected chi connectivity index (χ0v) is 5.60. The molecule has 5 nitrogen and oxygen atoms in total. The van der Waals surface area contributed by atoms with Crippen LogP contribution in [0.3, 0.4) is 0 Å². The zero-order valence-electron chi connectivity index (χ0n) is 4.85. The number of hydrogen-bond donors (Lipinski definition) is 0. The van der Waals surface area contributed by atoms with Crippen molar-refractivity contribution in [1.82, 2.24) is 5.01 Å². The lowest BCUT2D eigenvalue weighted by atomic mass is 10.5. The van der Waals surface area contributed by atoms with Crippen molar-refractivity contribution >= 4 is 17.9 Å². The molecule has 1 heterocycles. The highest BCUT2D eigenvalue weighted by Gasteiger charge is 2.21. The highest BCUT2D eigenvalue weighted by atomic mass is 35.5. The number of nitro groups is 1. The second-order valence-corrected chi connectivity index (χ2v) is 2.04. The summed E-state index contributed by atoms with van der Waals surface area (Å²) in [5.74, 6) is 0. The van der Waals surface area contributed by atoms with Gasteiger partial charge in [0.25, 0.3) is 0 Å². The molecule has 0 saturated heterocycles. The monoisotopic (exact) mass is 161 g/mol. The van der Waals surface area contributed by atoms with E-state index in [1.165, 1.54) is 12.3 Å². The normalized spacial score (nSPS) is 23.3. The second kappa shape index (κ2) is 2.66. The molecule has 6 heteroatoms. The van der Waals surface area contributed by atoms with Crippen molar-refractivity contribution < 1.29 is 5.03 Å². The molecule has 0 aliphatic carbocycles. The molecule has 1 unspecified atom stereocenters. The van der Waals surface area contributed by atoms with Crippen LogP contribution in [0.5, 0.6) is 0 Å². The third kappa shape index (κ3) is 1.24. The van der Waals surface area contributed by atoms with Gasteiger partial charge in [-0.3, -0.25) is 0 Å². The molecule has 0 aromatic heterocycles. The topological polar surface area (TPSA) is 58.7 Å². The van der Waals surface area contributed by atoms with Crippen LogP contribution in [0.1, 0.15) is 0 Å². The summed E-state index contributed by atoms with van der Waals surface area (Å²) in [5, 5.41) is 10.2. The van der Waals surface area contributed by atoms with Crippen LogP contribution >= 0.6 is 11.6 Å². The molecule has 0 saturated carbocycles. The zero-order chi connectivity index (χ0) is 7.56. The van der Waals surface area contributed by atoms with Crippen molar-refractivity contribution in [1.29, 1.82) is 0 Å². The third-order valence-corrected chi connectivity index (χ3v) is 1.30. The fourth-order valence-electron chi connectivity index (χ4n) is 0.512. The van der Waals surface area contributed by atoms with E-state index in [9.17, 15) is 10.1 Å². The smallest absolute Gasteiger partial charge is 0.189 e. The maximum atomic E-state index is 10.1. The van der Waals surface area contributed by atoms with Crippen LogP contribution in [0.25, 0.3) is 0 Å². The maximum absolute atomic E-state index is 10.1. The number of rotatable bonds is 1. The van der Waals surface area contributed by atoms with Gasteiger partial charge in [-0.15, -0.1) is 0 Å². The average Bonchev–Trinajstić information content (AvgIpc) is 1.88. The summed E-state index contributed by atoms with van der Waals surface area (Å²) in [6.07, 6.45) is 3.90. The highest BCUT2D eigenvalue weighted by molar-refractivity contribution is 6.22. The lowest BCUT2D eigenvalue weighted by molar-refractivity contribution is -0.628. The van der Waals surface area contributed by atoms with Crippen LogP contribution in [-0.4, -0.2) is 21.9 Å². The number of hydrogen-bond acceptors (Lipinski definition) is 3. The van der Waals surface area contributed by atoms with Gasteiger partial charge in [0.05, 0.1) is 0 Å². The molecular weight excluding hydrogens is 158 g/mol. The van der Waals surface area contributed by atoms with Gasteiger partial charge in [0.15, 0.2) is 16.9 Å². The van der Waals surface area contributed by atoms with E-state index >= 15 is 0 Å². The predicted molar refractivity (Wildman–Crippen MR) is 36.1 cm³/mol. The molecule has 54 valence electrons. The largest absolute Gasteiger partial charge is 0.241 e. The lowest BCUT2D eigenvalue weighted by Crippen LogP contribution is -2.35. The Labute approximate surface area is 61.7 Å². The third-order valence-electron chi connectivity index (χ3n) is 0.957. The first-order valence-corrected chi connectivity index (χ1v) is 2.92. The van der Waals surface area contributed by atoms with Crippen molar-refractivity contribution in [3.8, 4) is 0 Å². The Morgan fingerprint density at radius 2 is 2.50 bits per heavy atom. The maximum Gasteiger partial charge on any atom is 0.189 e. The Kier molecular flexibility index (Phi) is 1.86. The average molecular weight is 162 g/mol. The van der Waals surface area contributed by atoms with Gasteiger partial charge in [-0.25, -0.2) is 15.1 Å². The molecule has 0 amide bonds. The Hall–Kier alpha value is -1.10. The first-order chi connectivity index (χ1) is 4.72. The molecule has 0 fully saturated rings. The molecule has 0 N–H and O–H groups in total. The predicted octanol–water partition coefficient (Wildman–Crippen LogP) is 0.601. The molecule has 1 atom stereocenters. The Balaban J connectivity index is 2.70. The lowest BCUT2D eigenvalue weighted by Gasteiger charge is -2.12. The van der Waals surface area contributed by atoms with E-state index in [0.717, 1.165) is 6.34 Å². The summed E-state index contributed by atoms with van der Waals surface area (Å²) in [4.78, 5) is 13.6. The Bertz CT molecular complexity index is 203. The Morgan fingerprint density at radius 3 is 2.90 bits per heavy atom. The van der Waals surface area contributed by atoms with E-state index in [0.29, 0.717) is 5.01 Å². The number of hydrazine groups is 1. The van der Waals surface area contributed by atoms with Crippen molar-refractivity contribution in [3.05, 3.63) is 22.4 Å². The second-order valence-electron chi connectivity index (χ2n) is 1.60. The van der Waals surface area contributed by atoms with Gasteiger partial charge in [0, 0.05) is 6.20 Å². The summed E-state index contributed by atoms with van der Waals surface area (Å²) < 4.78 is 0. The van der Waals surface area contributed by atoms with E-state index in [1.807, 2.05) is 0 Å². The fourth-order valence-corrected chi connectivity index (χ4v) is 0.698. The van der Waals surface area contributed by atoms with Crippen molar-refractivity contribution in [2.24, 2.45) is 4.99 Å². The highest BCUT2D eigenvalue weighted by Crippen LogP contribution is 2.07. The van der Waals surface area contributed by atoms with Crippen LogP contribution in [-0.2, 0) is 0 Å². The number of halogens is 1. The molecule has 1 aliphatic heterocycles. The molecule has 0 radical (unpaired) electrons. The van der Waals surface area contributed by atoms with Gasteiger partial charge in [-0.2, -0.15) is 0 Å². The molecule has 0 aromatic carbocycles. The first kappa shape index (κ1) is 7.01. The van der Waals surface area contributed by atoms with Crippen molar-refractivity contribution in [2.75, 3.05) is 0 Å². The van der Waals surface area contributed by atoms with Crippen LogP contribution in [0.4, 0.5) is 0 Å². The molecule has 1 aliphatic rings. The van der Waals surface area contributed by atoms with Crippen LogP contribution in [0.15, 0.2) is 17.3 Å². The van der Waals surface area contributed by atoms with Gasteiger partial charge in [0.2, 0.25) is 0 Å². The number of nitrogens with zero attached hydrogens (tertiary/aromatic N) is 3. The van der Waals surface area contributed by atoms with Gasteiger partial charge in [-0.05, 0) is 6.08 Å². The van der Waals surface area contributed by atoms with Crippen LogP contribution in [0.2, 0.25) is 0 Å². The summed E-state index contributed by atoms with van der Waals surface area (Å²) in [5.41, 5.74) is -0.729.